The summed E-state index contributed by atoms with van der Waals surface area (Å²) in [5, 5.41) is 20.3. The summed E-state index contributed by atoms with van der Waals surface area (Å²) in [6.45, 7) is 1.93. The number of oxazole rings is 1. The van der Waals surface area contributed by atoms with Gasteiger partial charge in [-0.1, -0.05) is 18.2 Å². The first-order chi connectivity index (χ1) is 18.1. The Morgan fingerprint density at radius 1 is 1.05 bits per heavy atom. The second-order valence-corrected chi connectivity index (χ2v) is 9.02. The number of fused-ring (bicyclic) bond motifs is 1. The molecular weight excluding hydrogens is 502 g/mol. The molecule has 11 heteroatoms. The molecule has 5 aromatic rings. The Bertz CT molecular complexity index is 1610. The van der Waals surface area contributed by atoms with E-state index in [9.17, 15) is 22.7 Å². The van der Waals surface area contributed by atoms with Crippen LogP contribution in [0.15, 0.2) is 65.3 Å². The van der Waals surface area contributed by atoms with Crippen molar-refractivity contribution in [3.8, 4) is 34.0 Å². The van der Waals surface area contributed by atoms with Crippen molar-refractivity contribution in [1.29, 1.82) is 0 Å². The second kappa shape index (κ2) is 9.99. The molecule has 38 heavy (non-hydrogen) atoms. The van der Waals surface area contributed by atoms with Crippen molar-refractivity contribution in [1.82, 2.24) is 25.1 Å². The quantitative estimate of drug-likeness (QED) is 0.270. The predicted octanol–water partition coefficient (Wildman–Crippen LogP) is 5.59. The molecule has 196 valence electrons. The molecule has 1 atom stereocenters. The first kappa shape index (κ1) is 25.6. The summed E-state index contributed by atoms with van der Waals surface area (Å²) in [7, 11) is 1.74. The van der Waals surface area contributed by atoms with E-state index in [0.29, 0.717) is 33.6 Å². The third-order valence-corrected chi connectivity index (χ3v) is 5.98. The third-order valence-electron chi connectivity index (χ3n) is 5.98. The number of alkyl halides is 3. The largest absolute Gasteiger partial charge is 0.435 e. The number of benzene rings is 3. The molecule has 5 rings (SSSR count). The number of rotatable bonds is 7. The van der Waals surface area contributed by atoms with Crippen LogP contribution in [0.1, 0.15) is 18.1 Å². The fraction of sp³-hybridized carbons (Fsp3) is 0.222. The molecule has 0 saturated heterocycles. The minimum atomic E-state index is -4.66. The van der Waals surface area contributed by atoms with E-state index in [1.54, 1.807) is 48.9 Å². The minimum Gasteiger partial charge on any atom is -0.435 e. The molecule has 0 aliphatic heterocycles. The van der Waals surface area contributed by atoms with Crippen LogP contribution in [0, 0.1) is 5.82 Å². The predicted molar refractivity (Wildman–Crippen MR) is 133 cm³/mol. The lowest BCUT2D eigenvalue weighted by Gasteiger charge is -2.11. The van der Waals surface area contributed by atoms with E-state index in [-0.39, 0.29) is 30.1 Å². The number of aliphatic hydroxyl groups is 1. The Hall–Kier alpha value is -4.09. The molecule has 0 bridgehead atoms. The number of aromatic nitrogens is 4. The van der Waals surface area contributed by atoms with Gasteiger partial charge < -0.3 is 19.4 Å². The van der Waals surface area contributed by atoms with Gasteiger partial charge >= 0.3 is 6.18 Å². The zero-order valence-electron chi connectivity index (χ0n) is 20.4. The number of halogens is 4. The smallest absolute Gasteiger partial charge is 0.420 e. The van der Waals surface area contributed by atoms with Gasteiger partial charge in [0.05, 0.1) is 6.10 Å². The van der Waals surface area contributed by atoms with E-state index in [0.717, 1.165) is 6.07 Å². The fourth-order valence-electron chi connectivity index (χ4n) is 4.25. The molecule has 0 amide bonds. The Morgan fingerprint density at radius 2 is 1.84 bits per heavy atom. The Balaban J connectivity index is 1.58. The molecule has 0 fully saturated rings. The molecule has 0 aliphatic rings. The van der Waals surface area contributed by atoms with Crippen LogP contribution in [-0.2, 0) is 19.8 Å². The van der Waals surface area contributed by atoms with E-state index >= 15 is 0 Å². The average Bonchev–Trinajstić information content (AvgIpc) is 3.49. The van der Waals surface area contributed by atoms with Crippen LogP contribution in [0.2, 0.25) is 0 Å². The third kappa shape index (κ3) is 5.15. The molecule has 7 nitrogen and oxygen atoms in total. The van der Waals surface area contributed by atoms with E-state index in [1.807, 2.05) is 0 Å². The number of aliphatic hydroxyl groups excluding tert-OH is 1. The summed E-state index contributed by atoms with van der Waals surface area (Å²) in [6, 6.07) is 13.8. The van der Waals surface area contributed by atoms with Gasteiger partial charge in [-0.05, 0) is 60.0 Å². The van der Waals surface area contributed by atoms with Gasteiger partial charge in [-0.3, -0.25) is 0 Å². The SMILES string of the molecule is C[C@@H](O)CNCc1cc(C(F)(F)F)c2oc(-c3cccc(-c4ccc(F)cc4-c4nncn4C)c3)nc2c1. The topological polar surface area (TPSA) is 89.0 Å². The van der Waals surface area contributed by atoms with Crippen molar-refractivity contribution in [2.75, 3.05) is 6.54 Å². The lowest BCUT2D eigenvalue weighted by atomic mass is 9.97. The molecule has 0 saturated carbocycles. The van der Waals surface area contributed by atoms with Crippen molar-refractivity contribution in [2.45, 2.75) is 25.7 Å². The number of nitrogens with one attached hydrogen (secondary N) is 1. The molecular formula is C27H23F4N5O2. The van der Waals surface area contributed by atoms with Gasteiger partial charge in [0.15, 0.2) is 11.4 Å². The zero-order chi connectivity index (χ0) is 27.0. The van der Waals surface area contributed by atoms with Gasteiger partial charge in [0.25, 0.3) is 0 Å². The van der Waals surface area contributed by atoms with Crippen LogP contribution in [-0.4, -0.2) is 37.5 Å². The van der Waals surface area contributed by atoms with Gasteiger partial charge in [0.1, 0.15) is 23.2 Å². The summed E-state index contributed by atoms with van der Waals surface area (Å²) in [5.41, 5.74) is 1.42. The summed E-state index contributed by atoms with van der Waals surface area (Å²) < 4.78 is 63.2. The highest BCUT2D eigenvalue weighted by atomic mass is 19.4. The van der Waals surface area contributed by atoms with Gasteiger partial charge in [-0.2, -0.15) is 13.2 Å². The van der Waals surface area contributed by atoms with E-state index < -0.39 is 23.7 Å². The normalized spacial score (nSPS) is 12.8. The monoisotopic (exact) mass is 525 g/mol. The lowest BCUT2D eigenvalue weighted by molar-refractivity contribution is -0.136. The van der Waals surface area contributed by atoms with Gasteiger partial charge in [-0.15, -0.1) is 10.2 Å². The highest BCUT2D eigenvalue weighted by Gasteiger charge is 2.35. The zero-order valence-corrected chi connectivity index (χ0v) is 20.4. The first-order valence-corrected chi connectivity index (χ1v) is 11.7. The molecule has 0 unspecified atom stereocenters. The Morgan fingerprint density at radius 3 is 2.55 bits per heavy atom. The molecule has 0 spiro atoms. The molecule has 2 heterocycles. The van der Waals surface area contributed by atoms with Gasteiger partial charge in [0, 0.05) is 31.3 Å². The van der Waals surface area contributed by atoms with E-state index in [4.69, 9.17) is 4.42 Å². The standard InChI is InChI=1S/C27H23F4N5O2/c1-15(37)12-32-13-16-8-22(27(29,30)31)24-23(9-16)34-26(38-24)18-5-3-4-17(10-18)20-7-6-19(28)11-21(20)25-35-33-14-36(25)2/h3-11,14-15,32,37H,12-13H2,1-2H3/t15-/m1/s1. The number of nitrogens with zero attached hydrogens (tertiary/aromatic N) is 4. The summed E-state index contributed by atoms with van der Waals surface area (Å²) >= 11 is 0. The van der Waals surface area contributed by atoms with Crippen LogP contribution in [0.25, 0.3) is 45.1 Å². The average molecular weight is 526 g/mol. The van der Waals surface area contributed by atoms with Crippen molar-refractivity contribution in [2.24, 2.45) is 7.05 Å². The van der Waals surface area contributed by atoms with Crippen LogP contribution in [0.4, 0.5) is 17.6 Å². The summed E-state index contributed by atoms with van der Waals surface area (Å²) in [5.74, 6) is 0.0300. The minimum absolute atomic E-state index is 0.0174. The maximum absolute atomic E-state index is 14.1. The van der Waals surface area contributed by atoms with Crippen LogP contribution >= 0.6 is 0 Å². The van der Waals surface area contributed by atoms with Crippen molar-refractivity contribution >= 4 is 11.1 Å². The Kier molecular flexibility index (Phi) is 6.72. The lowest BCUT2D eigenvalue weighted by Crippen LogP contribution is -2.24. The highest BCUT2D eigenvalue weighted by molar-refractivity contribution is 5.84. The maximum atomic E-state index is 14.1. The van der Waals surface area contributed by atoms with E-state index in [1.165, 1.54) is 24.5 Å². The second-order valence-electron chi connectivity index (χ2n) is 9.02. The molecule has 3 aromatic carbocycles. The van der Waals surface area contributed by atoms with Crippen LogP contribution in [0.3, 0.4) is 0 Å². The molecule has 0 radical (unpaired) electrons. The van der Waals surface area contributed by atoms with Crippen molar-refractivity contribution in [3.63, 3.8) is 0 Å². The van der Waals surface area contributed by atoms with Crippen molar-refractivity contribution < 1.29 is 27.1 Å². The highest BCUT2D eigenvalue weighted by Crippen LogP contribution is 2.39. The molecule has 2 aromatic heterocycles. The maximum Gasteiger partial charge on any atom is 0.420 e. The first-order valence-electron chi connectivity index (χ1n) is 11.7. The number of hydrogen-bond donors (Lipinski definition) is 2. The van der Waals surface area contributed by atoms with E-state index in [2.05, 4.69) is 20.5 Å². The van der Waals surface area contributed by atoms with Crippen molar-refractivity contribution in [3.05, 3.63) is 77.9 Å². The Labute approximate surface area is 214 Å². The number of hydrogen-bond acceptors (Lipinski definition) is 6. The summed E-state index contributed by atoms with van der Waals surface area (Å²) in [4.78, 5) is 4.37. The molecule has 2 N–H and O–H groups in total. The van der Waals surface area contributed by atoms with Crippen LogP contribution in [0.5, 0.6) is 0 Å². The number of aryl methyl sites for hydroxylation is 1. The van der Waals surface area contributed by atoms with Gasteiger partial charge in [0.2, 0.25) is 5.89 Å². The summed E-state index contributed by atoms with van der Waals surface area (Å²) in [6.07, 6.45) is -3.79. The fourth-order valence-corrected chi connectivity index (χ4v) is 4.25. The molecule has 0 aliphatic carbocycles. The van der Waals surface area contributed by atoms with Crippen LogP contribution < -0.4 is 5.32 Å². The van der Waals surface area contributed by atoms with Gasteiger partial charge in [-0.25, -0.2) is 9.37 Å².